The van der Waals surface area contributed by atoms with Crippen LogP contribution >= 0.6 is 11.6 Å². The fourth-order valence-corrected chi connectivity index (χ4v) is 1.80. The number of benzene rings is 1. The lowest BCUT2D eigenvalue weighted by Crippen LogP contribution is -2.22. The second-order valence-electron chi connectivity index (χ2n) is 3.98. The van der Waals surface area contributed by atoms with Gasteiger partial charge in [-0.1, -0.05) is 17.7 Å². The van der Waals surface area contributed by atoms with Gasteiger partial charge >= 0.3 is 0 Å². The van der Waals surface area contributed by atoms with Gasteiger partial charge in [0.1, 0.15) is 12.4 Å². The molecule has 7 heteroatoms. The van der Waals surface area contributed by atoms with E-state index in [0.717, 1.165) is 6.07 Å². The average Bonchev–Trinajstić information content (AvgIpc) is 2.40. The van der Waals surface area contributed by atoms with Crippen molar-refractivity contribution in [1.82, 2.24) is 4.57 Å². The molecule has 0 N–H and O–H groups in total. The molecule has 2 rings (SSSR count). The standard InChI is InChI=1S/C13H11ClN2O4/c14-10-2-1-3-12(8-10)20-7-6-15-9-11(16(18)19)4-5-13(15)17/h1-5,8-9H,6-7H2. The molecule has 0 amide bonds. The highest BCUT2D eigenvalue weighted by atomic mass is 35.5. The first-order valence-electron chi connectivity index (χ1n) is 5.79. The Bertz CT molecular complexity index is 684. The largest absolute Gasteiger partial charge is 0.492 e. The highest BCUT2D eigenvalue weighted by Gasteiger charge is 2.07. The number of nitro groups is 1. The van der Waals surface area contributed by atoms with Gasteiger partial charge in [0.25, 0.3) is 11.2 Å². The molecular weight excluding hydrogens is 284 g/mol. The Labute approximate surface area is 119 Å². The van der Waals surface area contributed by atoms with Crippen molar-refractivity contribution in [1.29, 1.82) is 0 Å². The first kappa shape index (κ1) is 14.1. The molecule has 6 nitrogen and oxygen atoms in total. The maximum absolute atomic E-state index is 11.6. The minimum atomic E-state index is -0.548. The number of hydrogen-bond donors (Lipinski definition) is 0. The van der Waals surface area contributed by atoms with Crippen molar-refractivity contribution in [2.75, 3.05) is 6.61 Å². The van der Waals surface area contributed by atoms with E-state index in [0.29, 0.717) is 10.8 Å². The summed E-state index contributed by atoms with van der Waals surface area (Å²) in [4.78, 5) is 21.6. The minimum Gasteiger partial charge on any atom is -0.492 e. The van der Waals surface area contributed by atoms with Crippen LogP contribution in [-0.2, 0) is 6.54 Å². The third-order valence-corrected chi connectivity index (χ3v) is 2.81. The lowest BCUT2D eigenvalue weighted by atomic mass is 10.3. The van der Waals surface area contributed by atoms with Crippen LogP contribution in [0.1, 0.15) is 0 Å². The summed E-state index contributed by atoms with van der Waals surface area (Å²) in [6, 6.07) is 9.20. The lowest BCUT2D eigenvalue weighted by molar-refractivity contribution is -0.385. The van der Waals surface area contributed by atoms with E-state index in [9.17, 15) is 14.9 Å². The van der Waals surface area contributed by atoms with E-state index in [-0.39, 0.29) is 24.4 Å². The molecule has 0 radical (unpaired) electrons. The smallest absolute Gasteiger partial charge is 0.285 e. The molecule has 104 valence electrons. The summed E-state index contributed by atoms with van der Waals surface area (Å²) >= 11 is 5.81. The van der Waals surface area contributed by atoms with Crippen molar-refractivity contribution in [2.45, 2.75) is 6.54 Å². The maximum atomic E-state index is 11.6. The number of pyridine rings is 1. The highest BCUT2D eigenvalue weighted by Crippen LogP contribution is 2.17. The number of halogens is 1. The van der Waals surface area contributed by atoms with Crippen LogP contribution < -0.4 is 10.3 Å². The van der Waals surface area contributed by atoms with Gasteiger partial charge in [-0.05, 0) is 18.2 Å². The Morgan fingerprint density at radius 1 is 1.30 bits per heavy atom. The summed E-state index contributed by atoms with van der Waals surface area (Å²) in [7, 11) is 0. The van der Waals surface area contributed by atoms with E-state index in [1.165, 1.54) is 16.8 Å². The molecular formula is C13H11ClN2O4. The monoisotopic (exact) mass is 294 g/mol. The normalized spacial score (nSPS) is 10.2. The molecule has 1 aromatic carbocycles. The highest BCUT2D eigenvalue weighted by molar-refractivity contribution is 6.30. The van der Waals surface area contributed by atoms with Crippen LogP contribution in [0.3, 0.4) is 0 Å². The number of nitrogens with zero attached hydrogens (tertiary/aromatic N) is 2. The summed E-state index contributed by atoms with van der Waals surface area (Å²) < 4.78 is 6.67. The summed E-state index contributed by atoms with van der Waals surface area (Å²) in [6.45, 7) is 0.425. The van der Waals surface area contributed by atoms with Crippen molar-refractivity contribution in [2.24, 2.45) is 0 Å². The number of hydrogen-bond acceptors (Lipinski definition) is 4. The quantitative estimate of drug-likeness (QED) is 0.627. The molecule has 0 saturated heterocycles. The summed E-state index contributed by atoms with van der Waals surface area (Å²) in [6.07, 6.45) is 1.20. The Morgan fingerprint density at radius 2 is 2.10 bits per heavy atom. The number of aromatic nitrogens is 1. The summed E-state index contributed by atoms with van der Waals surface area (Å²) in [5.41, 5.74) is -0.447. The van der Waals surface area contributed by atoms with Crippen molar-refractivity contribution in [3.8, 4) is 5.75 Å². The number of rotatable bonds is 5. The topological polar surface area (TPSA) is 74.4 Å². The summed E-state index contributed by atoms with van der Waals surface area (Å²) in [5, 5.41) is 11.2. The minimum absolute atomic E-state index is 0.132. The molecule has 1 heterocycles. The third kappa shape index (κ3) is 3.58. The molecule has 0 atom stereocenters. The first-order valence-corrected chi connectivity index (χ1v) is 6.17. The van der Waals surface area contributed by atoms with Gasteiger partial charge in [0, 0.05) is 17.2 Å². The van der Waals surface area contributed by atoms with Crippen molar-refractivity contribution in [3.63, 3.8) is 0 Å². The van der Waals surface area contributed by atoms with E-state index in [4.69, 9.17) is 16.3 Å². The second kappa shape index (κ2) is 6.21. The molecule has 0 saturated carbocycles. The first-order chi connectivity index (χ1) is 9.56. The van der Waals surface area contributed by atoms with Crippen molar-refractivity contribution < 1.29 is 9.66 Å². The Balaban J connectivity index is 2.02. The molecule has 0 fully saturated rings. The van der Waals surface area contributed by atoms with Gasteiger partial charge in [-0.3, -0.25) is 14.9 Å². The van der Waals surface area contributed by atoms with Crippen molar-refractivity contribution >= 4 is 17.3 Å². The van der Waals surface area contributed by atoms with Gasteiger partial charge < -0.3 is 9.30 Å². The molecule has 2 aromatic rings. The van der Waals surface area contributed by atoms with Gasteiger partial charge in [-0.25, -0.2) is 0 Å². The van der Waals surface area contributed by atoms with E-state index in [1.54, 1.807) is 24.3 Å². The van der Waals surface area contributed by atoms with Crippen LogP contribution in [0.5, 0.6) is 5.75 Å². The Kier molecular flexibility index (Phi) is 4.37. The van der Waals surface area contributed by atoms with E-state index in [1.807, 2.05) is 0 Å². The van der Waals surface area contributed by atoms with Gasteiger partial charge in [-0.2, -0.15) is 0 Å². The van der Waals surface area contributed by atoms with E-state index < -0.39 is 4.92 Å². The molecule has 0 aliphatic rings. The molecule has 0 aliphatic heterocycles. The Morgan fingerprint density at radius 3 is 2.80 bits per heavy atom. The second-order valence-corrected chi connectivity index (χ2v) is 4.42. The van der Waals surface area contributed by atoms with Gasteiger partial charge in [0.2, 0.25) is 0 Å². The van der Waals surface area contributed by atoms with Crippen LogP contribution in [0.2, 0.25) is 5.02 Å². The lowest BCUT2D eigenvalue weighted by Gasteiger charge is -2.08. The van der Waals surface area contributed by atoms with Crippen LogP contribution in [0.4, 0.5) is 5.69 Å². The molecule has 0 unspecified atom stereocenters. The predicted molar refractivity (Wildman–Crippen MR) is 74.3 cm³/mol. The zero-order valence-electron chi connectivity index (χ0n) is 10.4. The van der Waals surface area contributed by atoms with Gasteiger partial charge in [0.05, 0.1) is 17.7 Å². The van der Waals surface area contributed by atoms with Gasteiger partial charge in [0.15, 0.2) is 0 Å². The number of ether oxygens (including phenoxy) is 1. The molecule has 0 aliphatic carbocycles. The van der Waals surface area contributed by atoms with E-state index >= 15 is 0 Å². The zero-order chi connectivity index (χ0) is 14.5. The Hall–Kier alpha value is -2.34. The van der Waals surface area contributed by atoms with Crippen LogP contribution in [0.15, 0.2) is 47.4 Å². The van der Waals surface area contributed by atoms with Gasteiger partial charge in [-0.15, -0.1) is 0 Å². The van der Waals surface area contributed by atoms with Crippen LogP contribution in [-0.4, -0.2) is 16.1 Å². The average molecular weight is 295 g/mol. The van der Waals surface area contributed by atoms with E-state index in [2.05, 4.69) is 0 Å². The molecule has 1 aromatic heterocycles. The van der Waals surface area contributed by atoms with Crippen LogP contribution in [0.25, 0.3) is 0 Å². The van der Waals surface area contributed by atoms with Crippen molar-refractivity contribution in [3.05, 3.63) is 68.1 Å². The SMILES string of the molecule is O=c1ccc([N+](=O)[O-])cn1CCOc1cccc(Cl)c1. The fraction of sp³-hybridized carbons (Fsp3) is 0.154. The fourth-order valence-electron chi connectivity index (χ4n) is 1.62. The predicted octanol–water partition coefficient (Wildman–Crippen LogP) is 2.49. The summed E-state index contributed by atoms with van der Waals surface area (Å²) in [5.74, 6) is 0.580. The molecule has 0 bridgehead atoms. The maximum Gasteiger partial charge on any atom is 0.285 e. The molecule has 20 heavy (non-hydrogen) atoms. The molecule has 0 spiro atoms. The van der Waals surface area contributed by atoms with Crippen LogP contribution in [0, 0.1) is 10.1 Å². The third-order valence-electron chi connectivity index (χ3n) is 2.58. The zero-order valence-corrected chi connectivity index (χ0v) is 11.1.